The summed E-state index contributed by atoms with van der Waals surface area (Å²) < 4.78 is 11.1. The maximum absolute atomic E-state index is 12.6. The first-order valence-corrected chi connectivity index (χ1v) is 10.4. The average molecular weight is 386 g/mol. The molecule has 1 atom stereocenters. The first-order chi connectivity index (χ1) is 13.7. The normalized spacial score (nSPS) is 21.5. The second-order valence-electron chi connectivity index (χ2n) is 7.79. The number of urea groups is 1. The maximum Gasteiger partial charge on any atom is 0.317 e. The van der Waals surface area contributed by atoms with Crippen molar-refractivity contribution >= 4 is 17.1 Å². The van der Waals surface area contributed by atoms with Gasteiger partial charge in [-0.15, -0.1) is 0 Å². The lowest BCUT2D eigenvalue weighted by Crippen LogP contribution is -2.48. The van der Waals surface area contributed by atoms with Crippen LogP contribution in [-0.4, -0.2) is 73.3 Å². The van der Waals surface area contributed by atoms with E-state index in [1.807, 2.05) is 29.2 Å². The minimum absolute atomic E-state index is 0.0506. The van der Waals surface area contributed by atoms with Gasteiger partial charge in [0.2, 0.25) is 0 Å². The lowest BCUT2D eigenvalue weighted by atomic mass is 9.97. The van der Waals surface area contributed by atoms with Crippen molar-refractivity contribution < 1.29 is 13.9 Å². The number of methoxy groups -OCH3 is 1. The molecule has 7 nitrogen and oxygen atoms in total. The summed E-state index contributed by atoms with van der Waals surface area (Å²) in [4.78, 5) is 21.6. The maximum atomic E-state index is 12.6. The van der Waals surface area contributed by atoms with Crippen LogP contribution in [0.1, 0.15) is 37.5 Å². The zero-order chi connectivity index (χ0) is 19.3. The zero-order valence-electron chi connectivity index (χ0n) is 16.6. The lowest BCUT2D eigenvalue weighted by Gasteiger charge is -2.31. The quantitative estimate of drug-likeness (QED) is 0.827. The highest BCUT2D eigenvalue weighted by Crippen LogP contribution is 2.29. The molecule has 0 spiro atoms. The summed E-state index contributed by atoms with van der Waals surface area (Å²) >= 11 is 0. The number of carbonyl (C=O) groups excluding carboxylic acids is 1. The van der Waals surface area contributed by atoms with E-state index in [1.165, 1.54) is 6.42 Å². The van der Waals surface area contributed by atoms with Gasteiger partial charge >= 0.3 is 6.03 Å². The number of rotatable bonds is 6. The van der Waals surface area contributed by atoms with Gasteiger partial charge in [0.15, 0.2) is 11.5 Å². The van der Waals surface area contributed by atoms with E-state index >= 15 is 0 Å². The number of nitrogens with one attached hydrogen (secondary N) is 1. The molecular formula is C21H30N4O3. The van der Waals surface area contributed by atoms with Gasteiger partial charge in [0.05, 0.1) is 6.61 Å². The smallest absolute Gasteiger partial charge is 0.317 e. The predicted octanol–water partition coefficient (Wildman–Crippen LogP) is 2.83. The molecule has 2 aliphatic rings. The van der Waals surface area contributed by atoms with Crippen molar-refractivity contribution in [3.8, 4) is 0 Å². The van der Waals surface area contributed by atoms with Gasteiger partial charge in [0, 0.05) is 45.2 Å². The Morgan fingerprint density at radius 1 is 1.25 bits per heavy atom. The van der Waals surface area contributed by atoms with Crippen molar-refractivity contribution in [3.63, 3.8) is 0 Å². The Morgan fingerprint density at radius 2 is 2.07 bits per heavy atom. The minimum Gasteiger partial charge on any atom is -0.440 e. The zero-order valence-corrected chi connectivity index (χ0v) is 16.6. The molecule has 1 aromatic carbocycles. The number of hydrogen-bond acceptors (Lipinski definition) is 5. The number of aromatic nitrogens is 1. The minimum atomic E-state index is 0.0506. The standard InChI is InChI=1S/C21H30N4O3/c1-27-14-13-24-10-4-5-17(24)15-22-21(26)25-11-8-16(9-12-25)20-23-18-6-2-3-7-19(18)28-20/h2-3,6-7,16-17H,4-5,8-15H2,1H3,(H,22,26). The van der Waals surface area contributed by atoms with Crippen LogP contribution >= 0.6 is 0 Å². The van der Waals surface area contributed by atoms with Gasteiger partial charge in [-0.05, 0) is 44.4 Å². The van der Waals surface area contributed by atoms with Crippen LogP contribution in [-0.2, 0) is 4.74 Å². The summed E-state index contributed by atoms with van der Waals surface area (Å²) in [5.41, 5.74) is 1.75. The molecule has 2 aromatic rings. The topological polar surface area (TPSA) is 70.8 Å². The van der Waals surface area contributed by atoms with E-state index in [2.05, 4.69) is 15.2 Å². The molecule has 1 N–H and O–H groups in total. The van der Waals surface area contributed by atoms with Crippen LogP contribution in [0.5, 0.6) is 0 Å². The second kappa shape index (κ2) is 8.92. The number of likely N-dealkylation sites (tertiary alicyclic amines) is 2. The largest absolute Gasteiger partial charge is 0.440 e. The molecule has 28 heavy (non-hydrogen) atoms. The molecule has 0 saturated carbocycles. The van der Waals surface area contributed by atoms with Crippen molar-refractivity contribution in [3.05, 3.63) is 30.2 Å². The Hall–Kier alpha value is -2.12. The van der Waals surface area contributed by atoms with Crippen LogP contribution in [0.4, 0.5) is 4.79 Å². The number of hydrogen-bond donors (Lipinski definition) is 1. The van der Waals surface area contributed by atoms with Gasteiger partial charge in [0.1, 0.15) is 5.52 Å². The predicted molar refractivity (Wildman–Crippen MR) is 107 cm³/mol. The van der Waals surface area contributed by atoms with Gasteiger partial charge in [0.25, 0.3) is 0 Å². The van der Waals surface area contributed by atoms with E-state index in [9.17, 15) is 4.79 Å². The van der Waals surface area contributed by atoms with E-state index in [1.54, 1.807) is 7.11 Å². The highest BCUT2D eigenvalue weighted by Gasteiger charge is 2.29. The van der Waals surface area contributed by atoms with E-state index in [-0.39, 0.29) is 11.9 Å². The van der Waals surface area contributed by atoms with Gasteiger partial charge in [-0.3, -0.25) is 4.90 Å². The third-order valence-corrected chi connectivity index (χ3v) is 6.01. The Labute approximate surface area is 166 Å². The Morgan fingerprint density at radius 3 is 2.86 bits per heavy atom. The molecule has 7 heteroatoms. The van der Waals surface area contributed by atoms with E-state index < -0.39 is 0 Å². The van der Waals surface area contributed by atoms with Gasteiger partial charge in [-0.25, -0.2) is 9.78 Å². The van der Waals surface area contributed by atoms with Gasteiger partial charge < -0.3 is 19.4 Å². The van der Waals surface area contributed by atoms with E-state index in [4.69, 9.17) is 9.15 Å². The van der Waals surface area contributed by atoms with Crippen molar-refractivity contribution in [2.24, 2.45) is 0 Å². The first kappa shape index (κ1) is 19.2. The molecule has 4 rings (SSSR count). The molecule has 2 amide bonds. The summed E-state index contributed by atoms with van der Waals surface area (Å²) in [5.74, 6) is 1.09. The van der Waals surface area contributed by atoms with Crippen molar-refractivity contribution in [2.75, 3.05) is 46.4 Å². The summed E-state index contributed by atoms with van der Waals surface area (Å²) in [6, 6.07) is 8.34. The number of benzene rings is 1. The lowest BCUT2D eigenvalue weighted by molar-refractivity contribution is 0.138. The van der Waals surface area contributed by atoms with Crippen LogP contribution in [0.3, 0.4) is 0 Å². The van der Waals surface area contributed by atoms with Crippen LogP contribution < -0.4 is 5.32 Å². The number of fused-ring (bicyclic) bond motifs is 1. The molecule has 2 aliphatic heterocycles. The fraction of sp³-hybridized carbons (Fsp3) is 0.619. The van der Waals surface area contributed by atoms with Crippen molar-refractivity contribution in [1.29, 1.82) is 0 Å². The third-order valence-electron chi connectivity index (χ3n) is 6.01. The number of amides is 2. The summed E-state index contributed by atoms with van der Waals surface area (Å²) in [6.45, 7) is 4.98. The number of ether oxygens (including phenoxy) is 1. The van der Waals surface area contributed by atoms with Crippen LogP contribution in [0.2, 0.25) is 0 Å². The molecule has 0 bridgehead atoms. The number of para-hydroxylation sites is 2. The molecule has 1 unspecified atom stereocenters. The average Bonchev–Trinajstić information content (AvgIpc) is 3.37. The first-order valence-electron chi connectivity index (χ1n) is 10.4. The van der Waals surface area contributed by atoms with Crippen molar-refractivity contribution in [2.45, 2.75) is 37.6 Å². The molecule has 3 heterocycles. The second-order valence-corrected chi connectivity index (χ2v) is 7.79. The summed E-state index contributed by atoms with van der Waals surface area (Å²) in [6.07, 6.45) is 4.12. The highest BCUT2D eigenvalue weighted by molar-refractivity contribution is 5.74. The molecule has 0 aliphatic carbocycles. The van der Waals surface area contributed by atoms with Gasteiger partial charge in [-0.2, -0.15) is 0 Å². The molecule has 0 radical (unpaired) electrons. The Balaban J connectivity index is 1.25. The fourth-order valence-electron chi connectivity index (χ4n) is 4.34. The SMILES string of the molecule is COCCN1CCCC1CNC(=O)N1CCC(c2nc3ccccc3o2)CC1. The molecule has 152 valence electrons. The third kappa shape index (κ3) is 4.31. The number of nitrogens with zero attached hydrogens (tertiary/aromatic N) is 3. The number of piperidine rings is 1. The summed E-state index contributed by atoms with van der Waals surface area (Å²) in [5, 5.41) is 3.14. The summed E-state index contributed by atoms with van der Waals surface area (Å²) in [7, 11) is 1.73. The van der Waals surface area contributed by atoms with E-state index in [0.717, 1.165) is 69.0 Å². The fourth-order valence-corrected chi connectivity index (χ4v) is 4.34. The van der Waals surface area contributed by atoms with Gasteiger partial charge in [-0.1, -0.05) is 12.1 Å². The van der Waals surface area contributed by atoms with Crippen LogP contribution in [0.25, 0.3) is 11.1 Å². The molecular weight excluding hydrogens is 356 g/mol. The highest BCUT2D eigenvalue weighted by atomic mass is 16.5. The number of carbonyl (C=O) groups is 1. The molecule has 1 aromatic heterocycles. The number of oxazole rings is 1. The van der Waals surface area contributed by atoms with Crippen LogP contribution in [0, 0.1) is 0 Å². The molecule has 2 fully saturated rings. The molecule has 2 saturated heterocycles. The Bertz CT molecular complexity index is 752. The Kier molecular flexibility index (Phi) is 6.12. The van der Waals surface area contributed by atoms with E-state index in [0.29, 0.717) is 12.6 Å². The monoisotopic (exact) mass is 386 g/mol. The van der Waals surface area contributed by atoms with Crippen molar-refractivity contribution in [1.82, 2.24) is 20.1 Å². The van der Waals surface area contributed by atoms with Crippen LogP contribution in [0.15, 0.2) is 28.7 Å².